The highest BCUT2D eigenvalue weighted by Gasteiger charge is 2.21. The normalized spacial score (nSPS) is 10.5. The Hall–Kier alpha value is -3.57. The van der Waals surface area contributed by atoms with Crippen LogP contribution in [0, 0.1) is 0 Å². The first-order chi connectivity index (χ1) is 13.5. The molecule has 2 heterocycles. The lowest BCUT2D eigenvalue weighted by atomic mass is 10.2. The van der Waals surface area contributed by atoms with Crippen molar-refractivity contribution in [2.75, 3.05) is 13.2 Å². The summed E-state index contributed by atoms with van der Waals surface area (Å²) in [4.78, 5) is 56.1. The van der Waals surface area contributed by atoms with Gasteiger partial charge in [0.15, 0.2) is 0 Å². The monoisotopic (exact) mass is 412 g/mol. The largest absolute Gasteiger partial charge is 0.462 e. The number of hydrogen-bond donors (Lipinski definition) is 3. The van der Waals surface area contributed by atoms with E-state index in [1.54, 1.807) is 34.6 Å². The molecule has 0 aromatic carbocycles. The van der Waals surface area contributed by atoms with Crippen LogP contribution in [0.15, 0.2) is 22.0 Å². The van der Waals surface area contributed by atoms with Gasteiger partial charge in [-0.05, 0) is 34.6 Å². The van der Waals surface area contributed by atoms with Crippen LogP contribution >= 0.6 is 0 Å². The van der Waals surface area contributed by atoms with E-state index in [0.717, 1.165) is 10.9 Å². The van der Waals surface area contributed by atoms with E-state index in [1.807, 2.05) is 0 Å². The number of nitrogens with zero attached hydrogens (tertiary/aromatic N) is 1. The molecule has 0 saturated heterocycles. The number of aromatic nitrogens is 4. The summed E-state index contributed by atoms with van der Waals surface area (Å²) in [5.41, 5.74) is -2.07. The van der Waals surface area contributed by atoms with Crippen molar-refractivity contribution in [3.63, 3.8) is 0 Å². The predicted octanol–water partition coefficient (Wildman–Crippen LogP) is 1.02. The van der Waals surface area contributed by atoms with Gasteiger partial charge in [0.2, 0.25) is 0 Å². The smallest absolute Gasteiger partial charge is 0.433 e. The lowest BCUT2D eigenvalue weighted by Crippen LogP contribution is -2.28. The van der Waals surface area contributed by atoms with Gasteiger partial charge in [0, 0.05) is 6.20 Å². The quantitative estimate of drug-likeness (QED) is 0.494. The summed E-state index contributed by atoms with van der Waals surface area (Å²) in [6.07, 6.45) is 1.57. The SMILES string of the molecule is CCOC(=O)c1c[nH][nH]c1=O.CCOC(=O)c1cn(C(=O)OC(C)(C)C)[nH]c1=O. The van der Waals surface area contributed by atoms with Gasteiger partial charge in [-0.3, -0.25) is 19.8 Å². The highest BCUT2D eigenvalue weighted by Crippen LogP contribution is 2.08. The molecule has 0 aliphatic carbocycles. The van der Waals surface area contributed by atoms with Crippen LogP contribution in [-0.4, -0.2) is 56.8 Å². The van der Waals surface area contributed by atoms with E-state index in [-0.39, 0.29) is 24.3 Å². The fourth-order valence-corrected chi connectivity index (χ4v) is 1.82. The standard InChI is InChI=1S/C11H16N2O5.C6H8N2O3/c1-5-17-9(15)7-6-13(12-8(7)14)10(16)18-11(2,3)4;1-2-11-6(10)4-3-7-8-5(4)9/h6H,5H2,1-4H3,(H,12,14);3H,2H2,1H3,(H2,7,8,9). The van der Waals surface area contributed by atoms with E-state index in [2.05, 4.69) is 24.8 Å². The summed E-state index contributed by atoms with van der Waals surface area (Å²) >= 11 is 0. The second kappa shape index (κ2) is 10.1. The van der Waals surface area contributed by atoms with E-state index >= 15 is 0 Å². The molecule has 160 valence electrons. The minimum absolute atomic E-state index is 0.00634. The highest BCUT2D eigenvalue weighted by molar-refractivity contribution is 5.89. The first-order valence-corrected chi connectivity index (χ1v) is 8.65. The topological polar surface area (TPSA) is 165 Å². The van der Waals surface area contributed by atoms with Gasteiger partial charge in [-0.2, -0.15) is 4.68 Å². The highest BCUT2D eigenvalue weighted by atomic mass is 16.6. The van der Waals surface area contributed by atoms with Gasteiger partial charge in [0.25, 0.3) is 11.1 Å². The molecule has 0 bridgehead atoms. The summed E-state index contributed by atoms with van der Waals surface area (Å²) in [6, 6.07) is 0. The molecule has 0 atom stereocenters. The molecule has 0 spiro atoms. The molecule has 2 aromatic heterocycles. The van der Waals surface area contributed by atoms with Crippen LogP contribution in [0.1, 0.15) is 55.3 Å². The molecule has 12 heteroatoms. The van der Waals surface area contributed by atoms with E-state index in [0.29, 0.717) is 0 Å². The van der Waals surface area contributed by atoms with Crippen molar-refractivity contribution in [3.8, 4) is 0 Å². The number of rotatable bonds is 4. The van der Waals surface area contributed by atoms with Crippen molar-refractivity contribution in [3.05, 3.63) is 44.2 Å². The molecular formula is C17H24N4O8. The van der Waals surface area contributed by atoms with Gasteiger partial charge in [-0.1, -0.05) is 0 Å². The Morgan fingerprint density at radius 1 is 0.966 bits per heavy atom. The summed E-state index contributed by atoms with van der Waals surface area (Å²) in [7, 11) is 0. The predicted molar refractivity (Wildman–Crippen MR) is 100 cm³/mol. The third kappa shape index (κ3) is 7.16. The first kappa shape index (κ1) is 23.5. The van der Waals surface area contributed by atoms with E-state index in [1.165, 1.54) is 6.20 Å². The van der Waals surface area contributed by atoms with E-state index in [9.17, 15) is 24.0 Å². The number of esters is 2. The molecular weight excluding hydrogens is 388 g/mol. The molecule has 0 amide bonds. The van der Waals surface area contributed by atoms with Crippen molar-refractivity contribution in [1.29, 1.82) is 0 Å². The van der Waals surface area contributed by atoms with Crippen LogP contribution in [-0.2, 0) is 14.2 Å². The van der Waals surface area contributed by atoms with Crippen molar-refractivity contribution < 1.29 is 28.6 Å². The zero-order chi connectivity index (χ0) is 22.2. The molecule has 0 fully saturated rings. The van der Waals surface area contributed by atoms with Crippen LogP contribution in [0.2, 0.25) is 0 Å². The minimum Gasteiger partial charge on any atom is -0.462 e. The minimum atomic E-state index is -0.777. The third-order valence-corrected chi connectivity index (χ3v) is 2.95. The summed E-state index contributed by atoms with van der Waals surface area (Å²) in [6.45, 7) is 8.80. The Kier molecular flexibility index (Phi) is 8.18. The van der Waals surface area contributed by atoms with E-state index < -0.39 is 34.8 Å². The Labute approximate surface area is 165 Å². The molecule has 2 aromatic rings. The zero-order valence-corrected chi connectivity index (χ0v) is 16.8. The second-order valence-corrected chi connectivity index (χ2v) is 6.43. The Balaban J connectivity index is 0.000000326. The summed E-state index contributed by atoms with van der Waals surface area (Å²) < 4.78 is 15.1. The van der Waals surface area contributed by atoms with Crippen LogP contribution in [0.25, 0.3) is 0 Å². The zero-order valence-electron chi connectivity index (χ0n) is 16.8. The van der Waals surface area contributed by atoms with Crippen molar-refractivity contribution >= 4 is 18.0 Å². The number of aromatic amines is 3. The van der Waals surface area contributed by atoms with Gasteiger partial charge >= 0.3 is 18.0 Å². The number of carbonyl (C=O) groups excluding carboxylic acids is 3. The van der Waals surface area contributed by atoms with Gasteiger partial charge in [-0.15, -0.1) is 0 Å². The van der Waals surface area contributed by atoms with Crippen LogP contribution in [0.3, 0.4) is 0 Å². The van der Waals surface area contributed by atoms with E-state index in [4.69, 9.17) is 4.74 Å². The average molecular weight is 412 g/mol. The molecule has 12 nitrogen and oxygen atoms in total. The van der Waals surface area contributed by atoms with Crippen LogP contribution < -0.4 is 11.1 Å². The fourth-order valence-electron chi connectivity index (χ4n) is 1.82. The number of H-pyrrole nitrogens is 3. The van der Waals surface area contributed by atoms with Crippen LogP contribution in [0.4, 0.5) is 4.79 Å². The summed E-state index contributed by atoms with van der Waals surface area (Å²) in [5.74, 6) is -1.38. The number of carbonyl (C=O) groups is 3. The molecule has 0 unspecified atom stereocenters. The summed E-state index contributed by atoms with van der Waals surface area (Å²) in [5, 5.41) is 6.82. The third-order valence-electron chi connectivity index (χ3n) is 2.95. The number of nitrogens with one attached hydrogen (secondary N) is 3. The van der Waals surface area contributed by atoms with Gasteiger partial charge < -0.3 is 19.3 Å². The molecule has 0 radical (unpaired) electrons. The second-order valence-electron chi connectivity index (χ2n) is 6.43. The molecule has 0 aliphatic heterocycles. The average Bonchev–Trinajstić information content (AvgIpc) is 3.20. The van der Waals surface area contributed by atoms with Crippen LogP contribution in [0.5, 0.6) is 0 Å². The molecule has 2 rings (SSSR count). The lowest BCUT2D eigenvalue weighted by Gasteiger charge is -2.18. The first-order valence-electron chi connectivity index (χ1n) is 8.65. The molecule has 29 heavy (non-hydrogen) atoms. The maximum absolute atomic E-state index is 11.6. The number of hydrogen-bond acceptors (Lipinski definition) is 8. The van der Waals surface area contributed by atoms with Gasteiger partial charge in [0.1, 0.15) is 16.7 Å². The van der Waals surface area contributed by atoms with Crippen molar-refractivity contribution in [1.82, 2.24) is 20.0 Å². The number of ether oxygens (including phenoxy) is 3. The maximum Gasteiger partial charge on any atom is 0.433 e. The van der Waals surface area contributed by atoms with Crippen molar-refractivity contribution in [2.24, 2.45) is 0 Å². The lowest BCUT2D eigenvalue weighted by molar-refractivity contribution is 0.0506. The Morgan fingerprint density at radius 2 is 1.52 bits per heavy atom. The Bertz CT molecular complexity index is 957. The van der Waals surface area contributed by atoms with Gasteiger partial charge in [0.05, 0.1) is 19.4 Å². The maximum atomic E-state index is 11.6. The Morgan fingerprint density at radius 3 is 1.97 bits per heavy atom. The molecule has 0 aliphatic rings. The molecule has 0 saturated carbocycles. The van der Waals surface area contributed by atoms with Gasteiger partial charge in [-0.25, -0.2) is 14.4 Å². The molecule has 3 N–H and O–H groups in total. The fraction of sp³-hybridized carbons (Fsp3) is 0.471. The van der Waals surface area contributed by atoms with Crippen molar-refractivity contribution in [2.45, 2.75) is 40.2 Å².